The lowest BCUT2D eigenvalue weighted by molar-refractivity contribution is -0.137. The Morgan fingerprint density at radius 2 is 1.55 bits per heavy atom. The topological polar surface area (TPSA) is 186 Å². The molecule has 2 rings (SSSR count). The van der Waals surface area contributed by atoms with E-state index in [-0.39, 0.29) is 31.7 Å². The van der Waals surface area contributed by atoms with Crippen LogP contribution in [0.25, 0.3) is 0 Å². The van der Waals surface area contributed by atoms with Crippen LogP contribution in [0.5, 0.6) is 5.75 Å². The molecule has 11 nitrogen and oxygen atoms in total. The van der Waals surface area contributed by atoms with E-state index in [0.717, 1.165) is 24.3 Å². The van der Waals surface area contributed by atoms with Gasteiger partial charge in [0.15, 0.2) is 0 Å². The van der Waals surface area contributed by atoms with Crippen LogP contribution in [0, 0.1) is 0 Å². The van der Waals surface area contributed by atoms with Gasteiger partial charge in [0.05, 0.1) is 24.6 Å². The van der Waals surface area contributed by atoms with Crippen molar-refractivity contribution in [2.24, 2.45) is 17.2 Å². The summed E-state index contributed by atoms with van der Waals surface area (Å²) in [5.41, 5.74) is 16.2. The summed E-state index contributed by atoms with van der Waals surface area (Å²) >= 11 is 0. The molecule has 0 heterocycles. The Bertz CT molecular complexity index is 1110. The molecule has 14 heteroatoms. The largest absolute Gasteiger partial charge is 0.494 e. The van der Waals surface area contributed by atoms with E-state index < -0.39 is 54.1 Å². The molecule has 0 aliphatic heterocycles. The van der Waals surface area contributed by atoms with Crippen molar-refractivity contribution in [3.8, 4) is 5.75 Å². The van der Waals surface area contributed by atoms with Crippen LogP contribution in [0.15, 0.2) is 48.5 Å². The first-order valence-corrected chi connectivity index (χ1v) is 12.5. The highest BCUT2D eigenvalue weighted by atomic mass is 19.4. The fraction of sp³-hybridized carbons (Fsp3) is 0.423. The van der Waals surface area contributed by atoms with Gasteiger partial charge < -0.3 is 42.6 Å². The van der Waals surface area contributed by atoms with Crippen LogP contribution < -0.4 is 32.6 Å². The number of aliphatic hydroxyl groups is 1. The molecule has 40 heavy (non-hydrogen) atoms. The summed E-state index contributed by atoms with van der Waals surface area (Å²) < 4.78 is 44.3. The standard InChI is InChI=1S/C26H35F3N6O5/c1-2-40-19-9-7-18(8-10-19)33-25(39)22(23(37)16-3-5-17(6-4-16)26(27,28)29)34-24(38)20(32)15-21(36)35(13-11-30)14-12-31/h3-10,20,22-23,37H,2,11-15,30-32H2,1H3,(H,33,39)(H,34,38). The van der Waals surface area contributed by atoms with Gasteiger partial charge in [-0.15, -0.1) is 0 Å². The molecule has 0 spiro atoms. The normalized spacial score (nSPS) is 13.6. The van der Waals surface area contributed by atoms with Crippen LogP contribution in [0.2, 0.25) is 0 Å². The number of hydrogen-bond acceptors (Lipinski definition) is 8. The van der Waals surface area contributed by atoms with Crippen LogP contribution in [0.1, 0.15) is 30.6 Å². The number of aliphatic hydroxyl groups excluding tert-OH is 1. The molecule has 2 aromatic rings. The molecule has 0 fully saturated rings. The number of nitrogens with two attached hydrogens (primary N) is 3. The second-order valence-corrected chi connectivity index (χ2v) is 8.77. The summed E-state index contributed by atoms with van der Waals surface area (Å²) in [5.74, 6) is -1.76. The number of rotatable bonds is 14. The highest BCUT2D eigenvalue weighted by Crippen LogP contribution is 2.30. The number of ether oxygens (including phenoxy) is 1. The van der Waals surface area contributed by atoms with Crippen molar-refractivity contribution >= 4 is 23.4 Å². The first kappa shape index (κ1) is 32.5. The minimum absolute atomic E-state index is 0.0677. The SMILES string of the molecule is CCOc1ccc(NC(=O)C(NC(=O)C(N)CC(=O)N(CCN)CCN)C(O)c2ccc(C(F)(F)F)cc2)cc1. The number of nitrogens with one attached hydrogen (secondary N) is 2. The van der Waals surface area contributed by atoms with E-state index >= 15 is 0 Å². The zero-order chi connectivity index (χ0) is 29.9. The van der Waals surface area contributed by atoms with Gasteiger partial charge in [0, 0.05) is 31.9 Å². The molecule has 3 unspecified atom stereocenters. The maximum absolute atomic E-state index is 13.2. The lowest BCUT2D eigenvalue weighted by atomic mass is 9.99. The Hall–Kier alpha value is -3.72. The van der Waals surface area contributed by atoms with Gasteiger partial charge in [-0.2, -0.15) is 13.2 Å². The van der Waals surface area contributed by atoms with E-state index in [1.165, 1.54) is 17.0 Å². The van der Waals surface area contributed by atoms with Gasteiger partial charge in [-0.25, -0.2) is 0 Å². The molecule has 0 radical (unpaired) electrons. The first-order valence-electron chi connectivity index (χ1n) is 12.5. The summed E-state index contributed by atoms with van der Waals surface area (Å²) in [5, 5.41) is 15.8. The number of nitrogens with zero attached hydrogens (tertiary/aromatic N) is 1. The number of alkyl halides is 3. The van der Waals surface area contributed by atoms with Gasteiger partial charge in [-0.1, -0.05) is 12.1 Å². The molecule has 3 atom stereocenters. The van der Waals surface area contributed by atoms with Crippen molar-refractivity contribution in [3.05, 3.63) is 59.7 Å². The summed E-state index contributed by atoms with van der Waals surface area (Å²) in [7, 11) is 0. The molecule has 3 amide bonds. The smallest absolute Gasteiger partial charge is 0.416 e. The average Bonchev–Trinajstić information content (AvgIpc) is 2.91. The second-order valence-electron chi connectivity index (χ2n) is 8.77. The van der Waals surface area contributed by atoms with Crippen molar-refractivity contribution in [2.45, 2.75) is 37.7 Å². The van der Waals surface area contributed by atoms with Crippen LogP contribution in [0.4, 0.5) is 18.9 Å². The molecule has 9 N–H and O–H groups in total. The van der Waals surface area contributed by atoms with E-state index in [9.17, 15) is 32.7 Å². The third-order valence-corrected chi connectivity index (χ3v) is 5.79. The van der Waals surface area contributed by atoms with Crippen LogP contribution in [-0.4, -0.2) is 72.6 Å². The average molecular weight is 569 g/mol. The Labute approximate surface area is 229 Å². The molecule has 0 aliphatic carbocycles. The van der Waals surface area contributed by atoms with Gasteiger partial charge in [0.25, 0.3) is 0 Å². The summed E-state index contributed by atoms with van der Waals surface area (Å²) in [6.45, 7) is 2.96. The molecule has 0 aliphatic rings. The number of halogens is 3. The molecule has 0 saturated carbocycles. The summed E-state index contributed by atoms with van der Waals surface area (Å²) in [4.78, 5) is 40.0. The van der Waals surface area contributed by atoms with Crippen molar-refractivity contribution < 1.29 is 37.4 Å². The lowest BCUT2D eigenvalue weighted by Crippen LogP contribution is -2.53. The zero-order valence-corrected chi connectivity index (χ0v) is 22.0. The van der Waals surface area contributed by atoms with Crippen molar-refractivity contribution in [2.75, 3.05) is 38.1 Å². The number of carbonyl (C=O) groups is 3. The monoisotopic (exact) mass is 568 g/mol. The van der Waals surface area contributed by atoms with Crippen molar-refractivity contribution in [1.82, 2.24) is 10.2 Å². The summed E-state index contributed by atoms with van der Waals surface area (Å²) in [6, 6.07) is 6.64. The van der Waals surface area contributed by atoms with Crippen LogP contribution >= 0.6 is 0 Å². The Morgan fingerprint density at radius 3 is 2.05 bits per heavy atom. The number of benzene rings is 2. The quantitative estimate of drug-likeness (QED) is 0.192. The maximum atomic E-state index is 13.2. The van der Waals surface area contributed by atoms with E-state index in [1.807, 2.05) is 0 Å². The minimum Gasteiger partial charge on any atom is -0.494 e. The number of anilines is 1. The molecular weight excluding hydrogens is 533 g/mol. The third-order valence-electron chi connectivity index (χ3n) is 5.79. The van der Waals surface area contributed by atoms with Gasteiger partial charge in [-0.05, 0) is 48.9 Å². The minimum atomic E-state index is -4.61. The van der Waals surface area contributed by atoms with Gasteiger partial charge >= 0.3 is 6.18 Å². The predicted molar refractivity (Wildman–Crippen MR) is 142 cm³/mol. The number of hydrogen-bond donors (Lipinski definition) is 6. The summed E-state index contributed by atoms with van der Waals surface area (Å²) in [6.07, 6.45) is -6.80. The highest BCUT2D eigenvalue weighted by Gasteiger charge is 2.34. The van der Waals surface area contributed by atoms with E-state index in [4.69, 9.17) is 21.9 Å². The number of carbonyl (C=O) groups excluding carboxylic acids is 3. The Kier molecular flexibility index (Phi) is 12.3. The van der Waals surface area contributed by atoms with Crippen LogP contribution in [-0.2, 0) is 20.6 Å². The highest BCUT2D eigenvalue weighted by molar-refractivity contribution is 5.99. The number of amides is 3. The van der Waals surface area contributed by atoms with E-state index in [2.05, 4.69) is 10.6 Å². The molecule has 0 bridgehead atoms. The van der Waals surface area contributed by atoms with E-state index in [1.54, 1.807) is 19.1 Å². The molecule has 220 valence electrons. The van der Waals surface area contributed by atoms with Gasteiger partial charge in [0.1, 0.15) is 17.9 Å². The Balaban J connectivity index is 2.26. The first-order chi connectivity index (χ1) is 18.9. The maximum Gasteiger partial charge on any atom is 0.416 e. The van der Waals surface area contributed by atoms with Gasteiger partial charge in [0.2, 0.25) is 17.7 Å². The van der Waals surface area contributed by atoms with Crippen molar-refractivity contribution in [3.63, 3.8) is 0 Å². The second kappa shape index (κ2) is 15.2. The Morgan fingerprint density at radius 1 is 0.975 bits per heavy atom. The van der Waals surface area contributed by atoms with E-state index in [0.29, 0.717) is 18.0 Å². The lowest BCUT2D eigenvalue weighted by Gasteiger charge is -2.26. The zero-order valence-electron chi connectivity index (χ0n) is 22.0. The van der Waals surface area contributed by atoms with Gasteiger partial charge in [-0.3, -0.25) is 14.4 Å². The molecule has 2 aromatic carbocycles. The van der Waals surface area contributed by atoms with Crippen molar-refractivity contribution in [1.29, 1.82) is 0 Å². The third kappa shape index (κ3) is 9.48. The predicted octanol–water partition coefficient (Wildman–Crippen LogP) is 0.724. The molecule has 0 saturated heterocycles. The van der Waals surface area contributed by atoms with Crippen LogP contribution in [0.3, 0.4) is 0 Å². The fourth-order valence-corrected chi connectivity index (χ4v) is 3.71. The fourth-order valence-electron chi connectivity index (χ4n) is 3.71. The molecular formula is C26H35F3N6O5. The molecule has 0 aromatic heterocycles.